The molecule has 216 valence electrons. The fraction of sp³-hybridized carbons (Fsp3) is 0.481. The zero-order chi connectivity index (χ0) is 27.5. The molecule has 1 heterocycles. The molecule has 0 saturated carbocycles. The van der Waals surface area contributed by atoms with Crippen molar-refractivity contribution >= 4 is 52.0 Å². The molecule has 12 heteroatoms. The molecule has 9 nitrogen and oxygen atoms in total. The van der Waals surface area contributed by atoms with Gasteiger partial charge in [-0.2, -0.15) is 5.10 Å². The molecule has 39 heavy (non-hydrogen) atoms. The third-order valence-electron chi connectivity index (χ3n) is 6.56. The van der Waals surface area contributed by atoms with Crippen LogP contribution in [0.25, 0.3) is 0 Å². The minimum atomic E-state index is -3.95. The first-order valence-electron chi connectivity index (χ1n) is 12.8. The largest absolute Gasteiger partial charge is 0.493 e. The number of anilines is 1. The first-order chi connectivity index (χ1) is 18.2. The number of carbonyl (C=O) groups is 1. The zero-order valence-corrected chi connectivity index (χ0v) is 24.8. The summed E-state index contributed by atoms with van der Waals surface area (Å²) in [5, 5.41) is 3.76. The lowest BCUT2D eigenvalue weighted by atomic mass is 9.98. The summed E-state index contributed by atoms with van der Waals surface area (Å²) in [6.45, 7) is 4.43. The summed E-state index contributed by atoms with van der Waals surface area (Å²) >= 11 is 6.30. The van der Waals surface area contributed by atoms with Crippen LogP contribution < -0.4 is 14.9 Å². The van der Waals surface area contributed by atoms with Crippen molar-refractivity contribution in [3.8, 4) is 5.75 Å². The highest BCUT2D eigenvalue weighted by Gasteiger charge is 2.27. The minimum Gasteiger partial charge on any atom is -0.493 e. The smallest absolute Gasteiger partial charge is 0.305 e. The maximum absolute atomic E-state index is 13.8. The predicted molar refractivity (Wildman–Crippen MR) is 157 cm³/mol. The number of hydrazone groups is 1. The fourth-order valence-corrected chi connectivity index (χ4v) is 6.45. The van der Waals surface area contributed by atoms with Gasteiger partial charge in [0, 0.05) is 32.1 Å². The normalized spacial score (nSPS) is 14.2. The fourth-order valence-electron chi connectivity index (χ4n) is 4.46. The lowest BCUT2D eigenvalue weighted by Crippen LogP contribution is -2.35. The van der Waals surface area contributed by atoms with Gasteiger partial charge in [-0.3, -0.25) is 9.10 Å². The van der Waals surface area contributed by atoms with Gasteiger partial charge in [0.25, 0.3) is 10.0 Å². The number of likely N-dealkylation sites (tertiary alicyclic amines) is 1. The van der Waals surface area contributed by atoms with Gasteiger partial charge in [0.1, 0.15) is 17.0 Å². The average Bonchev–Trinajstić information content (AvgIpc) is 2.90. The number of esters is 1. The van der Waals surface area contributed by atoms with Crippen LogP contribution in [0.4, 0.5) is 5.69 Å². The Morgan fingerprint density at radius 3 is 2.56 bits per heavy atom. The van der Waals surface area contributed by atoms with Crippen LogP contribution in [0.3, 0.4) is 0 Å². The summed E-state index contributed by atoms with van der Waals surface area (Å²) in [6, 6.07) is 11.9. The van der Waals surface area contributed by atoms with Crippen LogP contribution in [-0.2, 0) is 19.6 Å². The molecule has 1 saturated heterocycles. The van der Waals surface area contributed by atoms with Crippen molar-refractivity contribution in [3.63, 3.8) is 0 Å². The second-order valence-electron chi connectivity index (χ2n) is 9.45. The zero-order valence-electron chi connectivity index (χ0n) is 22.4. The third-order valence-corrected chi connectivity index (χ3v) is 8.89. The van der Waals surface area contributed by atoms with E-state index in [0.717, 1.165) is 31.5 Å². The second kappa shape index (κ2) is 15.8. The van der Waals surface area contributed by atoms with Gasteiger partial charge in [0.15, 0.2) is 0 Å². The van der Waals surface area contributed by atoms with E-state index in [2.05, 4.69) is 10.0 Å². The number of hydrogen-bond donors (Lipinski definition) is 1. The summed E-state index contributed by atoms with van der Waals surface area (Å²) in [7, 11) is -2.59. The van der Waals surface area contributed by atoms with Crippen molar-refractivity contribution < 1.29 is 22.7 Å². The van der Waals surface area contributed by atoms with Crippen LogP contribution in [0.15, 0.2) is 52.5 Å². The number of hydrogen-bond acceptors (Lipinski definition) is 7. The van der Waals surface area contributed by atoms with Crippen molar-refractivity contribution in [2.45, 2.75) is 50.3 Å². The third kappa shape index (κ3) is 9.47. The maximum Gasteiger partial charge on any atom is 0.305 e. The number of aryl methyl sites for hydroxylation is 1. The Bertz CT molecular complexity index is 1200. The highest BCUT2D eigenvalue weighted by Crippen LogP contribution is 2.32. The van der Waals surface area contributed by atoms with E-state index < -0.39 is 10.0 Å². The molecule has 0 bridgehead atoms. The molecule has 0 atom stereocenters. The highest BCUT2D eigenvalue weighted by molar-refractivity contribution is 7.93. The second-order valence-corrected chi connectivity index (χ2v) is 11.7. The molecule has 0 radical (unpaired) electrons. The van der Waals surface area contributed by atoms with E-state index in [1.807, 2.05) is 19.1 Å². The quantitative estimate of drug-likeness (QED) is 0.0859. The minimum absolute atomic E-state index is 0. The monoisotopic (exact) mass is 600 g/mol. The lowest BCUT2D eigenvalue weighted by Gasteiger charge is -2.30. The summed E-state index contributed by atoms with van der Waals surface area (Å²) in [4.78, 5) is 13.6. The van der Waals surface area contributed by atoms with Crippen LogP contribution in [0, 0.1) is 12.8 Å². The number of halogens is 2. The molecule has 2 aromatic carbocycles. The Balaban J connectivity index is 0.00000533. The Morgan fingerprint density at radius 2 is 1.90 bits per heavy atom. The Kier molecular flexibility index (Phi) is 13.2. The molecule has 1 fully saturated rings. The molecule has 0 aromatic heterocycles. The summed E-state index contributed by atoms with van der Waals surface area (Å²) in [5.41, 5.74) is 1.40. The van der Waals surface area contributed by atoms with Crippen LogP contribution in [0.1, 0.15) is 44.1 Å². The van der Waals surface area contributed by atoms with Gasteiger partial charge < -0.3 is 20.2 Å². The van der Waals surface area contributed by atoms with Gasteiger partial charge in [0.05, 0.1) is 24.4 Å². The van der Waals surface area contributed by atoms with Crippen molar-refractivity contribution in [2.75, 3.05) is 37.7 Å². The number of methoxy groups -OCH3 is 1. The molecule has 0 aliphatic carbocycles. The van der Waals surface area contributed by atoms with Crippen molar-refractivity contribution in [1.29, 1.82) is 0 Å². The Hall–Kier alpha value is -2.69. The maximum atomic E-state index is 13.8. The summed E-state index contributed by atoms with van der Waals surface area (Å²) in [6.07, 6.45) is 5.74. The van der Waals surface area contributed by atoms with Crippen LogP contribution in [0.5, 0.6) is 5.75 Å². The average molecular weight is 602 g/mol. The standard InChI is InChI=1S/C27H37ClN4O5S.ClH/c1-21-16-23(18-24(17-21)37-19-22-11-14-31(15-12-22)20-30-29)32(13-7-3-4-10-27(33)36-2)38(34,35)26-9-6-5-8-25(26)28;/h5-6,8-9,16-18,20,22H,3-4,7,10-15,19,29H2,1-2H3;1H. The number of ether oxygens (including phenoxy) is 2. The Morgan fingerprint density at radius 1 is 1.18 bits per heavy atom. The molecule has 2 aromatic rings. The molecule has 2 N–H and O–H groups in total. The number of nitrogens with zero attached hydrogens (tertiary/aromatic N) is 3. The summed E-state index contributed by atoms with van der Waals surface area (Å²) in [5.74, 6) is 5.99. The SMILES string of the molecule is COC(=O)CCCCCN(c1cc(C)cc(OCC2CCN(C=NN)CC2)c1)S(=O)(=O)c1ccccc1Cl.Cl. The predicted octanol–water partition coefficient (Wildman–Crippen LogP) is 4.99. The molecule has 0 spiro atoms. The molecule has 0 unspecified atom stereocenters. The van der Waals surface area contributed by atoms with Gasteiger partial charge in [-0.25, -0.2) is 8.42 Å². The van der Waals surface area contributed by atoms with Crippen molar-refractivity contribution in [2.24, 2.45) is 16.9 Å². The van der Waals surface area contributed by atoms with E-state index in [1.165, 1.54) is 17.5 Å². The van der Waals surface area contributed by atoms with Crippen LogP contribution >= 0.6 is 24.0 Å². The van der Waals surface area contributed by atoms with E-state index in [-0.39, 0.29) is 34.8 Å². The topological polar surface area (TPSA) is 115 Å². The van der Waals surface area contributed by atoms with E-state index >= 15 is 0 Å². The number of rotatable bonds is 13. The molecular formula is C27H38Cl2N4O5S. The number of carbonyl (C=O) groups excluding carboxylic acids is 1. The number of nitrogens with two attached hydrogens (primary N) is 1. The van der Waals surface area contributed by atoms with Gasteiger partial charge in [-0.05, 0) is 68.4 Å². The van der Waals surface area contributed by atoms with Gasteiger partial charge in [0.2, 0.25) is 0 Å². The van der Waals surface area contributed by atoms with Gasteiger partial charge in [-0.1, -0.05) is 30.2 Å². The van der Waals surface area contributed by atoms with Crippen molar-refractivity contribution in [3.05, 3.63) is 53.1 Å². The summed E-state index contributed by atoms with van der Waals surface area (Å²) < 4.78 is 39.8. The lowest BCUT2D eigenvalue weighted by molar-refractivity contribution is -0.140. The van der Waals surface area contributed by atoms with Crippen molar-refractivity contribution in [1.82, 2.24) is 4.90 Å². The van der Waals surface area contributed by atoms with Crippen LogP contribution in [-0.4, -0.2) is 59.0 Å². The number of unbranched alkanes of at least 4 members (excludes halogenated alkanes) is 2. The van der Waals surface area contributed by atoms with E-state index in [0.29, 0.717) is 49.6 Å². The molecule has 0 amide bonds. The molecule has 1 aliphatic rings. The Labute approximate surface area is 242 Å². The van der Waals surface area contributed by atoms with E-state index in [9.17, 15) is 13.2 Å². The van der Waals surface area contributed by atoms with E-state index in [4.69, 9.17) is 26.9 Å². The number of benzene rings is 2. The van der Waals surface area contributed by atoms with E-state index in [1.54, 1.807) is 30.6 Å². The molecule has 3 rings (SSSR count). The van der Waals surface area contributed by atoms with Gasteiger partial charge >= 0.3 is 5.97 Å². The molecular weight excluding hydrogens is 563 g/mol. The number of piperidine rings is 1. The van der Waals surface area contributed by atoms with Crippen LogP contribution in [0.2, 0.25) is 5.02 Å². The number of sulfonamides is 1. The molecule has 1 aliphatic heterocycles. The first kappa shape index (κ1) is 32.5. The first-order valence-corrected chi connectivity index (χ1v) is 14.6. The highest BCUT2D eigenvalue weighted by atomic mass is 35.5. The van der Waals surface area contributed by atoms with Gasteiger partial charge in [-0.15, -0.1) is 12.4 Å².